The van der Waals surface area contributed by atoms with Crippen molar-refractivity contribution in [2.24, 2.45) is 0 Å². The summed E-state index contributed by atoms with van der Waals surface area (Å²) in [5, 5.41) is 3.46. The quantitative estimate of drug-likeness (QED) is 0.504. The summed E-state index contributed by atoms with van der Waals surface area (Å²) < 4.78 is 28.2. The summed E-state index contributed by atoms with van der Waals surface area (Å²) in [6.07, 6.45) is 2.69. The van der Waals surface area contributed by atoms with Crippen LogP contribution in [0.15, 0.2) is 24.7 Å². The Morgan fingerprint density at radius 1 is 1.29 bits per heavy atom. The third-order valence-corrected chi connectivity index (χ3v) is 3.49. The molecule has 0 aliphatic carbocycles. The molecule has 8 heteroatoms. The van der Waals surface area contributed by atoms with E-state index in [-0.39, 0.29) is 17.3 Å². The van der Waals surface area contributed by atoms with Gasteiger partial charge in [-0.05, 0) is 26.0 Å². The predicted molar refractivity (Wildman–Crippen MR) is 86.9 cm³/mol. The number of carbonyl (C=O) groups is 1. The maximum Gasteiger partial charge on any atom is 0.201 e. The van der Waals surface area contributed by atoms with E-state index in [0.717, 1.165) is 12.1 Å². The summed E-state index contributed by atoms with van der Waals surface area (Å²) in [5.74, 6) is -2.48. The average Bonchev–Trinajstić information content (AvgIpc) is 2.96. The first-order chi connectivity index (χ1) is 11.4. The first-order valence-corrected chi connectivity index (χ1v) is 7.27. The number of anilines is 2. The number of nitrogens with two attached hydrogens (primary N) is 1. The van der Waals surface area contributed by atoms with Crippen LogP contribution in [0.4, 0.5) is 20.3 Å². The SMILES string of the molecule is CC(C)Nc1ncnc2[nH]cc(C(=O)c3c(F)ccc(N)c3F)c12. The van der Waals surface area contributed by atoms with Crippen molar-refractivity contribution in [3.8, 4) is 0 Å². The molecule has 0 spiro atoms. The van der Waals surface area contributed by atoms with E-state index >= 15 is 0 Å². The van der Waals surface area contributed by atoms with Crippen LogP contribution in [0.5, 0.6) is 0 Å². The molecule has 0 saturated carbocycles. The van der Waals surface area contributed by atoms with E-state index in [2.05, 4.69) is 20.3 Å². The fourth-order valence-corrected chi connectivity index (χ4v) is 2.44. The number of nitrogen functional groups attached to an aromatic ring is 1. The molecule has 0 saturated heterocycles. The van der Waals surface area contributed by atoms with Crippen molar-refractivity contribution in [2.75, 3.05) is 11.1 Å². The Balaban J connectivity index is 2.20. The molecule has 0 unspecified atom stereocenters. The van der Waals surface area contributed by atoms with Gasteiger partial charge < -0.3 is 16.0 Å². The summed E-state index contributed by atoms with van der Waals surface area (Å²) in [4.78, 5) is 23.7. The lowest BCUT2D eigenvalue weighted by Crippen LogP contribution is -2.13. The van der Waals surface area contributed by atoms with Crippen LogP contribution in [-0.2, 0) is 0 Å². The predicted octanol–water partition coefficient (Wildman–Crippen LogP) is 2.87. The highest BCUT2D eigenvalue weighted by molar-refractivity contribution is 6.18. The van der Waals surface area contributed by atoms with Crippen molar-refractivity contribution in [1.29, 1.82) is 0 Å². The molecule has 0 amide bonds. The molecule has 0 bridgehead atoms. The number of hydrogen-bond donors (Lipinski definition) is 3. The van der Waals surface area contributed by atoms with Crippen LogP contribution < -0.4 is 11.1 Å². The molecule has 24 heavy (non-hydrogen) atoms. The minimum absolute atomic E-state index is 0.0433. The summed E-state index contributed by atoms with van der Waals surface area (Å²) in [7, 11) is 0. The fraction of sp³-hybridized carbons (Fsp3) is 0.188. The van der Waals surface area contributed by atoms with Gasteiger partial charge in [-0.3, -0.25) is 4.79 Å². The highest BCUT2D eigenvalue weighted by Crippen LogP contribution is 2.28. The molecule has 0 fully saturated rings. The van der Waals surface area contributed by atoms with E-state index in [9.17, 15) is 13.6 Å². The number of aromatic amines is 1. The normalized spacial score (nSPS) is 11.2. The molecule has 1 aromatic carbocycles. The molecule has 4 N–H and O–H groups in total. The fourth-order valence-electron chi connectivity index (χ4n) is 2.44. The van der Waals surface area contributed by atoms with E-state index in [1.165, 1.54) is 12.5 Å². The van der Waals surface area contributed by atoms with Crippen LogP contribution in [0.1, 0.15) is 29.8 Å². The highest BCUT2D eigenvalue weighted by Gasteiger charge is 2.25. The van der Waals surface area contributed by atoms with Crippen molar-refractivity contribution in [2.45, 2.75) is 19.9 Å². The van der Waals surface area contributed by atoms with E-state index in [1.54, 1.807) is 0 Å². The average molecular weight is 331 g/mol. The molecule has 0 aliphatic heterocycles. The molecule has 3 aromatic rings. The summed E-state index contributed by atoms with van der Waals surface area (Å²) in [6, 6.07) is 2.08. The Kier molecular flexibility index (Phi) is 3.88. The third kappa shape index (κ3) is 2.55. The lowest BCUT2D eigenvalue weighted by Gasteiger charge is -2.11. The van der Waals surface area contributed by atoms with Gasteiger partial charge >= 0.3 is 0 Å². The van der Waals surface area contributed by atoms with Crippen LogP contribution in [0.25, 0.3) is 11.0 Å². The van der Waals surface area contributed by atoms with Crippen LogP contribution >= 0.6 is 0 Å². The first-order valence-electron chi connectivity index (χ1n) is 7.27. The van der Waals surface area contributed by atoms with Crippen LogP contribution in [-0.4, -0.2) is 26.8 Å². The molecule has 0 radical (unpaired) electrons. The Labute approximate surface area is 136 Å². The summed E-state index contributed by atoms with van der Waals surface area (Å²) >= 11 is 0. The second-order valence-electron chi connectivity index (χ2n) is 5.60. The molecule has 3 rings (SSSR count). The minimum Gasteiger partial charge on any atom is -0.396 e. The first kappa shape index (κ1) is 15.9. The third-order valence-electron chi connectivity index (χ3n) is 3.49. The molecule has 124 valence electrons. The van der Waals surface area contributed by atoms with E-state index in [0.29, 0.717) is 16.9 Å². The van der Waals surface area contributed by atoms with Crippen LogP contribution in [0, 0.1) is 11.6 Å². The Morgan fingerprint density at radius 3 is 2.75 bits per heavy atom. The number of fused-ring (bicyclic) bond motifs is 1. The van der Waals surface area contributed by atoms with Crippen molar-refractivity contribution in [3.05, 3.63) is 47.4 Å². The van der Waals surface area contributed by atoms with Crippen LogP contribution in [0.3, 0.4) is 0 Å². The van der Waals surface area contributed by atoms with Gasteiger partial charge in [-0.2, -0.15) is 0 Å². The van der Waals surface area contributed by atoms with Crippen LogP contribution in [0.2, 0.25) is 0 Å². The molecule has 0 atom stereocenters. The monoisotopic (exact) mass is 331 g/mol. The standard InChI is InChI=1S/C16H15F2N5O/c1-7(2)23-16-11-8(5-20-15(11)21-6-22-16)14(24)12-9(17)3-4-10(19)13(12)18/h3-7H,19H2,1-2H3,(H2,20,21,22,23). The second kappa shape index (κ2) is 5.88. The number of halogens is 2. The van der Waals surface area contributed by atoms with Crippen molar-refractivity contribution < 1.29 is 13.6 Å². The zero-order chi connectivity index (χ0) is 17.4. The van der Waals surface area contributed by atoms with Gasteiger partial charge in [-0.25, -0.2) is 18.7 Å². The molecule has 2 heterocycles. The number of H-pyrrole nitrogens is 1. The number of rotatable bonds is 4. The maximum atomic E-state index is 14.2. The number of nitrogens with one attached hydrogen (secondary N) is 2. The number of benzene rings is 1. The van der Waals surface area contributed by atoms with E-state index < -0.39 is 23.0 Å². The number of hydrogen-bond acceptors (Lipinski definition) is 5. The van der Waals surface area contributed by atoms with Gasteiger partial charge in [-0.15, -0.1) is 0 Å². The van der Waals surface area contributed by atoms with Gasteiger partial charge in [0.05, 0.1) is 22.2 Å². The van der Waals surface area contributed by atoms with Gasteiger partial charge in [0.1, 0.15) is 23.6 Å². The lowest BCUT2D eigenvalue weighted by molar-refractivity contribution is 0.103. The second-order valence-corrected chi connectivity index (χ2v) is 5.60. The van der Waals surface area contributed by atoms with Gasteiger partial charge in [-0.1, -0.05) is 0 Å². The Hall–Kier alpha value is -3.03. The summed E-state index contributed by atoms with van der Waals surface area (Å²) in [5.41, 5.74) is 4.91. The van der Waals surface area contributed by atoms with Gasteiger partial charge in [0.15, 0.2) is 5.82 Å². The van der Waals surface area contributed by atoms with Crippen molar-refractivity contribution >= 4 is 28.3 Å². The molecule has 0 aliphatic rings. The summed E-state index contributed by atoms with van der Waals surface area (Å²) in [6.45, 7) is 3.80. The number of ketones is 1. The topological polar surface area (TPSA) is 96.7 Å². The van der Waals surface area contributed by atoms with Gasteiger partial charge in [0, 0.05) is 12.2 Å². The largest absolute Gasteiger partial charge is 0.396 e. The van der Waals surface area contributed by atoms with Gasteiger partial charge in [0.2, 0.25) is 5.78 Å². The Morgan fingerprint density at radius 2 is 2.04 bits per heavy atom. The number of nitrogens with zero attached hydrogens (tertiary/aromatic N) is 2. The molecular formula is C16H15F2N5O. The van der Waals surface area contributed by atoms with E-state index in [1.807, 2.05) is 13.8 Å². The lowest BCUT2D eigenvalue weighted by atomic mass is 10.0. The van der Waals surface area contributed by atoms with Crippen molar-refractivity contribution in [1.82, 2.24) is 15.0 Å². The van der Waals surface area contributed by atoms with Crippen molar-refractivity contribution in [3.63, 3.8) is 0 Å². The minimum atomic E-state index is -1.08. The van der Waals surface area contributed by atoms with Gasteiger partial charge in [0.25, 0.3) is 0 Å². The molecule has 6 nitrogen and oxygen atoms in total. The smallest absolute Gasteiger partial charge is 0.201 e. The Bertz CT molecular complexity index is 936. The number of aromatic nitrogens is 3. The zero-order valence-corrected chi connectivity index (χ0v) is 13.0. The highest BCUT2D eigenvalue weighted by atomic mass is 19.1. The molecule has 2 aromatic heterocycles. The van der Waals surface area contributed by atoms with E-state index in [4.69, 9.17) is 5.73 Å². The molecular weight excluding hydrogens is 316 g/mol. The zero-order valence-electron chi connectivity index (χ0n) is 13.0. The number of carbonyl (C=O) groups excluding carboxylic acids is 1. The maximum absolute atomic E-state index is 14.2.